The van der Waals surface area contributed by atoms with Gasteiger partial charge in [-0.15, -0.1) is 0 Å². The van der Waals surface area contributed by atoms with Crippen molar-refractivity contribution >= 4 is 43.5 Å². The van der Waals surface area contributed by atoms with Gasteiger partial charge in [-0.3, -0.25) is 0 Å². The highest BCUT2D eigenvalue weighted by Crippen LogP contribution is 2.29. The predicted molar refractivity (Wildman–Crippen MR) is 79.3 cm³/mol. The maximum absolute atomic E-state index is 6.23. The summed E-state index contributed by atoms with van der Waals surface area (Å²) in [5, 5.41) is 0.691. The maximum Gasteiger partial charge on any atom is 0.0567 e. The van der Waals surface area contributed by atoms with E-state index in [0.29, 0.717) is 5.02 Å². The second kappa shape index (κ2) is 5.53. The van der Waals surface area contributed by atoms with Gasteiger partial charge < -0.3 is 5.73 Å². The molecule has 0 aliphatic carbocycles. The molecule has 1 nitrogen and oxygen atoms in total. The molecule has 0 saturated heterocycles. The third kappa shape index (κ3) is 3.10. The van der Waals surface area contributed by atoms with Crippen LogP contribution in [0.4, 0.5) is 0 Å². The molecule has 0 bridgehead atoms. The van der Waals surface area contributed by atoms with E-state index in [0.717, 1.165) is 20.1 Å². The predicted octanol–water partition coefficient (Wildman–Crippen LogP) is 4.91. The highest BCUT2D eigenvalue weighted by molar-refractivity contribution is 9.11. The van der Waals surface area contributed by atoms with Gasteiger partial charge in [0.2, 0.25) is 0 Å². The average Bonchev–Trinajstić information content (AvgIpc) is 2.27. The van der Waals surface area contributed by atoms with E-state index in [1.807, 2.05) is 42.5 Å². The molecule has 2 rings (SSSR count). The summed E-state index contributed by atoms with van der Waals surface area (Å²) >= 11 is 13.1. The van der Waals surface area contributed by atoms with Gasteiger partial charge in [0.15, 0.2) is 0 Å². The molecule has 0 spiro atoms. The van der Waals surface area contributed by atoms with Crippen LogP contribution in [0.3, 0.4) is 0 Å². The van der Waals surface area contributed by atoms with Gasteiger partial charge in [0, 0.05) is 14.0 Å². The molecule has 1 atom stereocenters. The molecule has 0 amide bonds. The van der Waals surface area contributed by atoms with Crippen molar-refractivity contribution < 1.29 is 0 Å². The van der Waals surface area contributed by atoms with Crippen molar-refractivity contribution in [3.05, 3.63) is 67.6 Å². The van der Waals surface area contributed by atoms with Gasteiger partial charge in [-0.05, 0) is 35.4 Å². The average molecular weight is 375 g/mol. The molecule has 2 aromatic rings. The molecule has 0 aromatic heterocycles. The fraction of sp³-hybridized carbons (Fsp3) is 0.0769. The summed E-state index contributed by atoms with van der Waals surface area (Å²) in [5.74, 6) is 0. The van der Waals surface area contributed by atoms with Crippen molar-refractivity contribution in [3.8, 4) is 0 Å². The van der Waals surface area contributed by atoms with Crippen LogP contribution in [0.15, 0.2) is 51.4 Å². The van der Waals surface area contributed by atoms with Gasteiger partial charge in [0.05, 0.1) is 6.04 Å². The number of rotatable bonds is 2. The minimum absolute atomic E-state index is 0.225. The van der Waals surface area contributed by atoms with Gasteiger partial charge in [0.25, 0.3) is 0 Å². The van der Waals surface area contributed by atoms with E-state index in [-0.39, 0.29) is 6.04 Å². The van der Waals surface area contributed by atoms with E-state index in [9.17, 15) is 0 Å². The van der Waals surface area contributed by atoms with Crippen LogP contribution in [0.2, 0.25) is 5.02 Å². The maximum atomic E-state index is 6.23. The molecule has 0 fully saturated rings. The Morgan fingerprint density at radius 2 is 1.59 bits per heavy atom. The van der Waals surface area contributed by atoms with Crippen molar-refractivity contribution in [3.63, 3.8) is 0 Å². The molecular weight excluding hydrogens is 365 g/mol. The van der Waals surface area contributed by atoms with Crippen molar-refractivity contribution in [2.45, 2.75) is 6.04 Å². The fourth-order valence-corrected chi connectivity index (χ4v) is 3.24. The Hall–Kier alpha value is -0.350. The second-order valence-electron chi connectivity index (χ2n) is 3.70. The number of benzene rings is 2. The van der Waals surface area contributed by atoms with Crippen LogP contribution in [0.25, 0.3) is 0 Å². The zero-order chi connectivity index (χ0) is 12.4. The van der Waals surface area contributed by atoms with Crippen LogP contribution in [-0.2, 0) is 0 Å². The molecular formula is C13H10Br2ClN. The van der Waals surface area contributed by atoms with Gasteiger partial charge >= 0.3 is 0 Å². The van der Waals surface area contributed by atoms with Crippen LogP contribution < -0.4 is 5.73 Å². The van der Waals surface area contributed by atoms with Gasteiger partial charge in [-0.2, -0.15) is 0 Å². The zero-order valence-electron chi connectivity index (χ0n) is 8.83. The number of nitrogens with two attached hydrogens (primary N) is 1. The minimum atomic E-state index is -0.225. The summed E-state index contributed by atoms with van der Waals surface area (Å²) < 4.78 is 1.98. The Morgan fingerprint density at radius 3 is 2.18 bits per heavy atom. The molecule has 0 radical (unpaired) electrons. The standard InChI is InChI=1S/C13H10Br2ClN/c14-9-5-8(6-10(15)7-9)13(17)11-3-1-2-4-12(11)16/h1-7,13H,17H2. The van der Waals surface area contributed by atoms with Gasteiger partial charge in [0.1, 0.15) is 0 Å². The summed E-state index contributed by atoms with van der Waals surface area (Å²) in [5.41, 5.74) is 8.17. The number of hydrogen-bond acceptors (Lipinski definition) is 1. The molecule has 17 heavy (non-hydrogen) atoms. The van der Waals surface area contributed by atoms with Crippen molar-refractivity contribution in [1.29, 1.82) is 0 Å². The molecule has 0 heterocycles. The molecule has 1 unspecified atom stereocenters. The summed E-state index contributed by atoms with van der Waals surface area (Å²) in [6.45, 7) is 0. The quantitative estimate of drug-likeness (QED) is 0.793. The third-order valence-corrected chi connectivity index (χ3v) is 3.74. The summed E-state index contributed by atoms with van der Waals surface area (Å²) in [7, 11) is 0. The zero-order valence-corrected chi connectivity index (χ0v) is 12.8. The van der Waals surface area contributed by atoms with Crippen molar-refractivity contribution in [2.24, 2.45) is 5.73 Å². The minimum Gasteiger partial charge on any atom is -0.320 e. The van der Waals surface area contributed by atoms with E-state index in [1.54, 1.807) is 0 Å². The molecule has 2 aromatic carbocycles. The largest absolute Gasteiger partial charge is 0.320 e. The van der Waals surface area contributed by atoms with E-state index < -0.39 is 0 Å². The first kappa shape index (κ1) is 13.1. The Bertz CT molecular complexity index is 522. The van der Waals surface area contributed by atoms with Crippen LogP contribution in [0.1, 0.15) is 17.2 Å². The first-order valence-corrected chi connectivity index (χ1v) is 7.00. The summed E-state index contributed by atoms with van der Waals surface area (Å²) in [4.78, 5) is 0. The Labute approximate surface area is 122 Å². The van der Waals surface area contributed by atoms with Gasteiger partial charge in [-0.25, -0.2) is 0 Å². The lowest BCUT2D eigenvalue weighted by Gasteiger charge is -2.15. The molecule has 0 aliphatic rings. The molecule has 0 aliphatic heterocycles. The van der Waals surface area contributed by atoms with E-state index in [2.05, 4.69) is 31.9 Å². The lowest BCUT2D eigenvalue weighted by Crippen LogP contribution is -2.12. The van der Waals surface area contributed by atoms with Gasteiger partial charge in [-0.1, -0.05) is 61.7 Å². The molecule has 4 heteroatoms. The Morgan fingerprint density at radius 1 is 1.00 bits per heavy atom. The van der Waals surface area contributed by atoms with E-state index in [4.69, 9.17) is 17.3 Å². The highest BCUT2D eigenvalue weighted by atomic mass is 79.9. The van der Waals surface area contributed by atoms with Crippen LogP contribution in [0.5, 0.6) is 0 Å². The lowest BCUT2D eigenvalue weighted by molar-refractivity contribution is 0.870. The number of halogens is 3. The van der Waals surface area contributed by atoms with Crippen molar-refractivity contribution in [2.75, 3.05) is 0 Å². The summed E-state index contributed by atoms with van der Waals surface area (Å²) in [6, 6.07) is 13.4. The topological polar surface area (TPSA) is 26.0 Å². The molecule has 2 N–H and O–H groups in total. The third-order valence-electron chi connectivity index (χ3n) is 2.48. The SMILES string of the molecule is NC(c1cc(Br)cc(Br)c1)c1ccccc1Cl. The molecule has 0 saturated carbocycles. The first-order valence-electron chi connectivity index (χ1n) is 5.04. The summed E-state index contributed by atoms with van der Waals surface area (Å²) in [6.07, 6.45) is 0. The van der Waals surface area contributed by atoms with Crippen LogP contribution in [0, 0.1) is 0 Å². The van der Waals surface area contributed by atoms with E-state index in [1.165, 1.54) is 0 Å². The Balaban J connectivity index is 2.43. The normalized spacial score (nSPS) is 12.5. The Kier molecular flexibility index (Phi) is 4.26. The monoisotopic (exact) mass is 373 g/mol. The van der Waals surface area contributed by atoms with Crippen molar-refractivity contribution in [1.82, 2.24) is 0 Å². The van der Waals surface area contributed by atoms with Crippen LogP contribution >= 0.6 is 43.5 Å². The number of hydrogen-bond donors (Lipinski definition) is 1. The van der Waals surface area contributed by atoms with Crippen LogP contribution in [-0.4, -0.2) is 0 Å². The van der Waals surface area contributed by atoms with E-state index >= 15 is 0 Å². The highest BCUT2D eigenvalue weighted by Gasteiger charge is 2.12. The first-order chi connectivity index (χ1) is 8.08. The lowest BCUT2D eigenvalue weighted by atomic mass is 10.00. The second-order valence-corrected chi connectivity index (χ2v) is 5.94. The fourth-order valence-electron chi connectivity index (χ4n) is 1.66. The smallest absolute Gasteiger partial charge is 0.0567 e. The molecule has 88 valence electrons.